The maximum Gasteiger partial charge on any atom is 0.261 e. The van der Waals surface area contributed by atoms with Crippen LogP contribution >= 0.6 is 11.3 Å². The molecular formula is C16H11N3OS. The Hall–Kier alpha value is -2.66. The van der Waals surface area contributed by atoms with Gasteiger partial charge in [0.25, 0.3) is 5.89 Å². The molecule has 0 unspecified atom stereocenters. The van der Waals surface area contributed by atoms with Gasteiger partial charge in [0.2, 0.25) is 5.82 Å². The van der Waals surface area contributed by atoms with Crippen LogP contribution < -0.4 is 5.73 Å². The van der Waals surface area contributed by atoms with Crippen molar-refractivity contribution in [3.63, 3.8) is 0 Å². The Bertz CT molecular complexity index is 926. The Morgan fingerprint density at radius 3 is 2.67 bits per heavy atom. The van der Waals surface area contributed by atoms with Gasteiger partial charge in [-0.3, -0.25) is 0 Å². The van der Waals surface area contributed by atoms with Gasteiger partial charge in [0.05, 0.1) is 10.6 Å². The third-order valence-corrected chi connectivity index (χ3v) is 4.11. The van der Waals surface area contributed by atoms with Crippen LogP contribution in [0.1, 0.15) is 0 Å². The second-order valence-corrected chi connectivity index (χ2v) is 5.63. The minimum atomic E-state index is 0.455. The Balaban J connectivity index is 1.79. The Morgan fingerprint density at radius 2 is 1.86 bits per heavy atom. The number of hydrogen-bond acceptors (Lipinski definition) is 5. The van der Waals surface area contributed by atoms with E-state index in [4.69, 9.17) is 10.3 Å². The maximum absolute atomic E-state index is 5.89. The molecule has 0 bridgehead atoms. The predicted molar refractivity (Wildman–Crippen MR) is 85.0 cm³/mol. The number of benzene rings is 2. The average molecular weight is 293 g/mol. The van der Waals surface area contributed by atoms with E-state index < -0.39 is 0 Å². The highest BCUT2D eigenvalue weighted by molar-refractivity contribution is 7.14. The molecule has 2 N–H and O–H groups in total. The standard InChI is InChI=1S/C16H11N3OS/c17-14-13(7-8-21-14)16-18-15(19-20-16)12-6-5-10-3-1-2-4-11(10)9-12/h1-9H,17H2. The minimum absolute atomic E-state index is 0.455. The van der Waals surface area contributed by atoms with Gasteiger partial charge >= 0.3 is 0 Å². The third kappa shape index (κ3) is 2.08. The largest absolute Gasteiger partial charge is 0.390 e. The molecule has 4 rings (SSSR count). The number of aromatic nitrogens is 2. The topological polar surface area (TPSA) is 64.9 Å². The summed E-state index contributed by atoms with van der Waals surface area (Å²) in [6, 6.07) is 16.2. The summed E-state index contributed by atoms with van der Waals surface area (Å²) in [6.07, 6.45) is 0. The molecule has 0 aliphatic carbocycles. The molecule has 4 nitrogen and oxygen atoms in total. The normalized spacial score (nSPS) is 11.0. The summed E-state index contributed by atoms with van der Waals surface area (Å²) >= 11 is 1.46. The summed E-state index contributed by atoms with van der Waals surface area (Å²) in [5.74, 6) is 1.03. The zero-order chi connectivity index (χ0) is 14.2. The SMILES string of the molecule is Nc1sccc1-c1nc(-c2ccc3ccccc3c2)no1. The Labute approximate surface area is 124 Å². The van der Waals surface area contributed by atoms with Gasteiger partial charge in [-0.1, -0.05) is 41.6 Å². The van der Waals surface area contributed by atoms with E-state index >= 15 is 0 Å². The molecular weight excluding hydrogens is 282 g/mol. The van der Waals surface area contributed by atoms with Crippen molar-refractivity contribution >= 4 is 27.1 Å². The Morgan fingerprint density at radius 1 is 1.00 bits per heavy atom. The van der Waals surface area contributed by atoms with E-state index in [9.17, 15) is 0 Å². The number of nitrogens with two attached hydrogens (primary N) is 1. The first kappa shape index (κ1) is 12.1. The van der Waals surface area contributed by atoms with Gasteiger partial charge < -0.3 is 10.3 Å². The van der Waals surface area contributed by atoms with Crippen molar-refractivity contribution in [1.82, 2.24) is 10.1 Å². The third-order valence-electron chi connectivity index (χ3n) is 3.36. The van der Waals surface area contributed by atoms with E-state index in [0.717, 1.165) is 16.5 Å². The summed E-state index contributed by atoms with van der Waals surface area (Å²) in [4.78, 5) is 4.44. The van der Waals surface area contributed by atoms with Crippen molar-refractivity contribution in [2.24, 2.45) is 0 Å². The van der Waals surface area contributed by atoms with E-state index in [-0.39, 0.29) is 0 Å². The van der Waals surface area contributed by atoms with Crippen molar-refractivity contribution in [3.8, 4) is 22.8 Å². The van der Waals surface area contributed by atoms with Gasteiger partial charge in [0.15, 0.2) is 0 Å². The van der Waals surface area contributed by atoms with Crippen molar-refractivity contribution in [2.45, 2.75) is 0 Å². The molecule has 5 heteroatoms. The smallest absolute Gasteiger partial charge is 0.261 e. The van der Waals surface area contributed by atoms with Crippen molar-refractivity contribution in [3.05, 3.63) is 53.9 Å². The van der Waals surface area contributed by atoms with Crippen LogP contribution in [0, 0.1) is 0 Å². The second kappa shape index (κ2) is 4.71. The number of thiophene rings is 1. The zero-order valence-electron chi connectivity index (χ0n) is 11.0. The van der Waals surface area contributed by atoms with Gasteiger partial charge in [0, 0.05) is 5.56 Å². The highest BCUT2D eigenvalue weighted by Gasteiger charge is 2.13. The number of anilines is 1. The van der Waals surface area contributed by atoms with Crippen LogP contribution in [0.4, 0.5) is 5.00 Å². The quantitative estimate of drug-likeness (QED) is 0.601. The fourth-order valence-electron chi connectivity index (χ4n) is 2.28. The van der Waals surface area contributed by atoms with Crippen LogP contribution in [-0.2, 0) is 0 Å². The highest BCUT2D eigenvalue weighted by atomic mass is 32.1. The van der Waals surface area contributed by atoms with E-state index in [0.29, 0.717) is 16.7 Å². The molecule has 0 saturated carbocycles. The highest BCUT2D eigenvalue weighted by Crippen LogP contribution is 2.31. The maximum atomic E-state index is 5.89. The van der Waals surface area contributed by atoms with E-state index in [1.54, 1.807) is 0 Å². The van der Waals surface area contributed by atoms with Crippen molar-refractivity contribution in [2.75, 3.05) is 5.73 Å². The van der Waals surface area contributed by atoms with Gasteiger partial charge in [-0.15, -0.1) is 11.3 Å². The number of rotatable bonds is 2. The van der Waals surface area contributed by atoms with Gasteiger partial charge in [-0.2, -0.15) is 4.98 Å². The predicted octanol–water partition coefficient (Wildman–Crippen LogP) is 4.20. The lowest BCUT2D eigenvalue weighted by atomic mass is 10.1. The zero-order valence-corrected chi connectivity index (χ0v) is 11.8. The summed E-state index contributed by atoms with van der Waals surface area (Å²) in [7, 11) is 0. The van der Waals surface area contributed by atoms with Crippen LogP contribution in [0.5, 0.6) is 0 Å². The molecule has 102 valence electrons. The monoisotopic (exact) mass is 293 g/mol. The molecule has 0 saturated heterocycles. The molecule has 4 aromatic rings. The average Bonchev–Trinajstić information content (AvgIpc) is 3.15. The fraction of sp³-hybridized carbons (Fsp3) is 0. The molecule has 0 radical (unpaired) electrons. The molecule has 0 spiro atoms. The molecule has 2 aromatic carbocycles. The first-order valence-corrected chi connectivity index (χ1v) is 7.35. The van der Waals surface area contributed by atoms with Crippen LogP contribution in [0.25, 0.3) is 33.6 Å². The fourth-order valence-corrected chi connectivity index (χ4v) is 2.91. The van der Waals surface area contributed by atoms with Crippen LogP contribution in [-0.4, -0.2) is 10.1 Å². The molecule has 2 aromatic heterocycles. The van der Waals surface area contributed by atoms with Gasteiger partial charge in [-0.05, 0) is 28.3 Å². The summed E-state index contributed by atoms with van der Waals surface area (Å²) < 4.78 is 5.32. The first-order valence-electron chi connectivity index (χ1n) is 6.47. The van der Waals surface area contributed by atoms with Crippen molar-refractivity contribution < 1.29 is 4.52 Å². The molecule has 0 fully saturated rings. The number of nitrogens with zero attached hydrogens (tertiary/aromatic N) is 2. The lowest BCUT2D eigenvalue weighted by molar-refractivity contribution is 0.432. The Kier molecular flexibility index (Phi) is 2.72. The van der Waals surface area contributed by atoms with Gasteiger partial charge in [0.1, 0.15) is 0 Å². The van der Waals surface area contributed by atoms with E-state index in [1.807, 2.05) is 29.6 Å². The van der Waals surface area contributed by atoms with Crippen LogP contribution in [0.2, 0.25) is 0 Å². The number of nitrogen functional groups attached to an aromatic ring is 1. The van der Waals surface area contributed by atoms with E-state index in [1.165, 1.54) is 16.7 Å². The summed E-state index contributed by atoms with van der Waals surface area (Å²) in [5, 5.41) is 8.98. The number of fused-ring (bicyclic) bond motifs is 1. The lowest BCUT2D eigenvalue weighted by Crippen LogP contribution is -1.84. The minimum Gasteiger partial charge on any atom is -0.390 e. The van der Waals surface area contributed by atoms with E-state index in [2.05, 4.69) is 34.4 Å². The van der Waals surface area contributed by atoms with Crippen LogP contribution in [0.3, 0.4) is 0 Å². The molecule has 0 atom stereocenters. The molecule has 0 aliphatic rings. The summed E-state index contributed by atoms with van der Waals surface area (Å²) in [5.41, 5.74) is 7.61. The first-order chi connectivity index (χ1) is 10.3. The molecule has 0 aliphatic heterocycles. The molecule has 21 heavy (non-hydrogen) atoms. The molecule has 2 heterocycles. The van der Waals surface area contributed by atoms with Crippen molar-refractivity contribution in [1.29, 1.82) is 0 Å². The summed E-state index contributed by atoms with van der Waals surface area (Å²) in [6.45, 7) is 0. The number of hydrogen-bond donors (Lipinski definition) is 1. The lowest BCUT2D eigenvalue weighted by Gasteiger charge is -1.99. The van der Waals surface area contributed by atoms with Crippen LogP contribution in [0.15, 0.2) is 58.4 Å². The second-order valence-electron chi connectivity index (χ2n) is 4.68. The molecule has 0 amide bonds. The van der Waals surface area contributed by atoms with Gasteiger partial charge in [-0.25, -0.2) is 0 Å².